The van der Waals surface area contributed by atoms with Crippen molar-refractivity contribution >= 4 is 23.0 Å². The fourth-order valence-electron chi connectivity index (χ4n) is 0. The maximum atomic E-state index is 8.30. The van der Waals surface area contributed by atoms with Crippen molar-refractivity contribution in [1.82, 2.24) is 0 Å². The number of hydrogen-bond donors (Lipinski definition) is 0. The third kappa shape index (κ3) is 21.6. The largest absolute Gasteiger partial charge is 0 e. The molecule has 2 radical (unpaired) electrons. The average molecular weight is 293 g/mol. The van der Waals surface area contributed by atoms with E-state index in [4.69, 9.17) is 3.02 Å². The van der Waals surface area contributed by atoms with E-state index < -0.39 is 0 Å². The molecule has 5 heavy (non-hydrogen) atoms. The Balaban J connectivity index is -0.00000000167. The molecule has 0 aromatic heterocycles. The van der Waals surface area contributed by atoms with E-state index >= 15 is 0 Å². The van der Waals surface area contributed by atoms with Gasteiger partial charge >= 0.3 is 26.0 Å². The summed E-state index contributed by atoms with van der Waals surface area (Å²) < 4.78 is 8.30. The minimum Gasteiger partial charge on any atom is 0 e. The minimum absolute atomic E-state index is 0. The standard InChI is InChI=1S/Cr.Mn.O.Sb.Ti. The van der Waals surface area contributed by atoms with Crippen LogP contribution in [0.15, 0.2) is 0 Å². The van der Waals surface area contributed by atoms with E-state index in [0.29, 0.717) is 23.0 Å². The van der Waals surface area contributed by atoms with Crippen LogP contribution in [0.3, 0.4) is 0 Å². The van der Waals surface area contributed by atoms with Gasteiger partial charge in [-0.15, -0.1) is 0 Å². The zero-order valence-corrected chi connectivity index (χ0v) is 8.71. The summed E-state index contributed by atoms with van der Waals surface area (Å²) in [4.78, 5) is 0. The first-order valence-corrected chi connectivity index (χ1v) is 1.22. The Hall–Kier alpha value is 2.38. The summed E-state index contributed by atoms with van der Waals surface area (Å²) in [6, 6.07) is 0. The summed E-state index contributed by atoms with van der Waals surface area (Å²) in [6.45, 7) is 0. The van der Waals surface area contributed by atoms with Crippen molar-refractivity contribution < 1.29 is 59.2 Å². The fraction of sp³-hybridized carbons (Fsp3) is 0. The molecule has 0 saturated heterocycles. The summed E-state index contributed by atoms with van der Waals surface area (Å²) in [5.41, 5.74) is 0. The van der Waals surface area contributed by atoms with Crippen LogP contribution in [-0.2, 0) is 59.2 Å². The maximum absolute atomic E-state index is 8.30. The summed E-state index contributed by atoms with van der Waals surface area (Å²) in [5, 5.41) is 0. The second-order valence-corrected chi connectivity index (χ2v) is 0. The summed E-state index contributed by atoms with van der Waals surface area (Å²) >= 11 is 0.500. The van der Waals surface area contributed by atoms with Crippen LogP contribution < -0.4 is 0 Å². The van der Waals surface area contributed by atoms with E-state index in [1.807, 2.05) is 0 Å². The predicted molar refractivity (Wildman–Crippen MR) is 6.44 cm³/mol. The molecule has 0 aromatic carbocycles. The molecule has 28 valence electrons. The summed E-state index contributed by atoms with van der Waals surface area (Å²) in [6.07, 6.45) is 0. The molecule has 0 N–H and O–H groups in total. The molecule has 0 bridgehead atoms. The first-order valence-electron chi connectivity index (χ1n) is 0.183. The van der Waals surface area contributed by atoms with Gasteiger partial charge in [-0.05, 0) is 0 Å². The van der Waals surface area contributed by atoms with Gasteiger partial charge in [-0.2, -0.15) is 0 Å². The number of hydrogen-bond acceptors (Lipinski definition) is 1. The van der Waals surface area contributed by atoms with Crippen LogP contribution in [0, 0.1) is 0 Å². The van der Waals surface area contributed by atoms with E-state index in [2.05, 4.69) is 0 Å². The molecule has 0 aliphatic heterocycles. The van der Waals surface area contributed by atoms with Gasteiger partial charge in [-0.1, -0.05) is 0 Å². The molecular weight excluding hydrogens is 293 g/mol. The Morgan fingerprint density at radius 3 is 1.20 bits per heavy atom. The first kappa shape index (κ1) is 26.3. The van der Waals surface area contributed by atoms with Crippen molar-refractivity contribution in [2.75, 3.05) is 0 Å². The second-order valence-electron chi connectivity index (χ2n) is 0. The second kappa shape index (κ2) is 32.6. The Kier molecular flexibility index (Phi) is 171. The third-order valence-electron chi connectivity index (χ3n) is 0. The molecule has 5 heteroatoms. The van der Waals surface area contributed by atoms with Crippen LogP contribution in [0.1, 0.15) is 0 Å². The van der Waals surface area contributed by atoms with E-state index in [1.54, 1.807) is 0 Å². The Bertz CT molecular complexity index is 11.6. The minimum atomic E-state index is 0. The molecular formula is CrMnOSbTi. The fourth-order valence-corrected chi connectivity index (χ4v) is 0. The van der Waals surface area contributed by atoms with Crippen LogP contribution in [0.4, 0.5) is 0 Å². The summed E-state index contributed by atoms with van der Waals surface area (Å²) in [5.74, 6) is 0. The van der Waals surface area contributed by atoms with Gasteiger partial charge in [0.15, 0.2) is 0 Å². The van der Waals surface area contributed by atoms with Gasteiger partial charge in [0, 0.05) is 56.1 Å². The van der Waals surface area contributed by atoms with Crippen LogP contribution >= 0.6 is 0 Å². The van der Waals surface area contributed by atoms with Crippen LogP contribution in [0.25, 0.3) is 0 Å². The molecule has 0 aromatic rings. The van der Waals surface area contributed by atoms with Crippen molar-refractivity contribution in [3.8, 4) is 0 Å². The van der Waals surface area contributed by atoms with Crippen molar-refractivity contribution in [3.63, 3.8) is 0 Å². The molecule has 0 amide bonds. The molecule has 0 saturated carbocycles. The average Bonchev–Trinajstić information content (AvgIpc) is 1.00. The molecule has 1 nitrogen and oxygen atoms in total. The van der Waals surface area contributed by atoms with Gasteiger partial charge in [-0.25, -0.2) is 0 Å². The van der Waals surface area contributed by atoms with Gasteiger partial charge in [-0.3, -0.25) is 0 Å². The Labute approximate surface area is 81.0 Å². The van der Waals surface area contributed by atoms with Gasteiger partial charge in [0.05, 0.1) is 0 Å². The first-order chi connectivity index (χ1) is 1.00. The number of rotatable bonds is 0. The molecule has 0 aliphatic carbocycles. The van der Waals surface area contributed by atoms with Gasteiger partial charge < -0.3 is 0 Å². The van der Waals surface area contributed by atoms with Gasteiger partial charge in [0.2, 0.25) is 0 Å². The SMILES string of the molecule is [Cr].[Mn].[O]=[Sb].[Ti]. The Morgan fingerprint density at radius 2 is 1.20 bits per heavy atom. The van der Waals surface area contributed by atoms with E-state index in [9.17, 15) is 0 Å². The molecule has 0 rings (SSSR count). The van der Waals surface area contributed by atoms with E-state index in [1.165, 1.54) is 0 Å². The molecule has 0 aliphatic rings. The van der Waals surface area contributed by atoms with Crippen molar-refractivity contribution in [2.24, 2.45) is 0 Å². The molecule has 0 spiro atoms. The predicted octanol–water partition coefficient (Wildman–Crippen LogP) is -0.507. The summed E-state index contributed by atoms with van der Waals surface area (Å²) in [7, 11) is 0. The smallest absolute Gasteiger partial charge is 0 e. The van der Waals surface area contributed by atoms with Crippen molar-refractivity contribution in [1.29, 1.82) is 0 Å². The molecule has 0 fully saturated rings. The van der Waals surface area contributed by atoms with Crippen LogP contribution in [-0.4, -0.2) is 23.0 Å². The normalized spacial score (nSPS) is 0.800. The van der Waals surface area contributed by atoms with Gasteiger partial charge in [0.1, 0.15) is 0 Å². The van der Waals surface area contributed by atoms with Crippen molar-refractivity contribution in [3.05, 3.63) is 0 Å². The van der Waals surface area contributed by atoms with E-state index in [-0.39, 0.29) is 56.1 Å². The van der Waals surface area contributed by atoms with E-state index in [0.717, 1.165) is 0 Å². The monoisotopic (exact) mass is 292 g/mol. The van der Waals surface area contributed by atoms with Gasteiger partial charge in [0.25, 0.3) is 0 Å². The molecule has 0 heterocycles. The molecule has 0 unspecified atom stereocenters. The quantitative estimate of drug-likeness (QED) is 0.550. The third-order valence-corrected chi connectivity index (χ3v) is 0. The van der Waals surface area contributed by atoms with Crippen molar-refractivity contribution in [2.45, 2.75) is 0 Å². The maximum Gasteiger partial charge on any atom is 0 e. The molecule has 0 atom stereocenters. The van der Waals surface area contributed by atoms with Crippen LogP contribution in [0.5, 0.6) is 0 Å². The zero-order chi connectivity index (χ0) is 2.00. The van der Waals surface area contributed by atoms with Crippen LogP contribution in [0.2, 0.25) is 0 Å². The zero-order valence-electron chi connectivity index (χ0n) is 2.14. The Morgan fingerprint density at radius 1 is 1.20 bits per heavy atom. The topological polar surface area (TPSA) is 17.1 Å².